The molecule has 5 rings (SSSR count). The lowest BCUT2D eigenvalue weighted by atomic mass is 9.78. The van der Waals surface area contributed by atoms with Crippen LogP contribution in [-0.2, 0) is 27.9 Å². The summed E-state index contributed by atoms with van der Waals surface area (Å²) in [6.45, 7) is 0.0848. The number of amides is 2. The third-order valence-electron chi connectivity index (χ3n) is 6.44. The van der Waals surface area contributed by atoms with E-state index >= 15 is 0 Å². The third kappa shape index (κ3) is 3.20. The SMILES string of the molecule is CN1C(=O)[C@H]([C@]2(O)C(=O)N(Cc3ccccc3)c3cc(Cl)ccc32)c2cc(C(F)(F)F)ccc21. The molecule has 0 fully saturated rings. The lowest BCUT2D eigenvalue weighted by Crippen LogP contribution is -2.47. The predicted molar refractivity (Wildman–Crippen MR) is 121 cm³/mol. The van der Waals surface area contributed by atoms with Gasteiger partial charge in [0.25, 0.3) is 5.91 Å². The Balaban J connectivity index is 1.69. The van der Waals surface area contributed by atoms with E-state index in [1.165, 1.54) is 41.1 Å². The van der Waals surface area contributed by atoms with Crippen LogP contribution in [0.15, 0.2) is 66.7 Å². The highest BCUT2D eigenvalue weighted by Gasteiger charge is 2.60. The van der Waals surface area contributed by atoms with Crippen molar-refractivity contribution in [2.75, 3.05) is 16.8 Å². The molecular weight excluding hydrogens is 469 g/mol. The molecule has 3 aromatic carbocycles. The lowest BCUT2D eigenvalue weighted by molar-refractivity contribution is -0.144. The van der Waals surface area contributed by atoms with Crippen molar-refractivity contribution in [1.82, 2.24) is 0 Å². The Kier molecular flexibility index (Phi) is 5.00. The van der Waals surface area contributed by atoms with Gasteiger partial charge in [-0.1, -0.05) is 48.0 Å². The minimum absolute atomic E-state index is 0.0550. The van der Waals surface area contributed by atoms with Gasteiger partial charge in [-0.3, -0.25) is 9.59 Å². The molecule has 2 aliphatic rings. The molecule has 0 aromatic heterocycles. The first kappa shape index (κ1) is 22.4. The zero-order valence-electron chi connectivity index (χ0n) is 17.8. The zero-order chi connectivity index (χ0) is 24.4. The van der Waals surface area contributed by atoms with Crippen molar-refractivity contribution in [3.63, 3.8) is 0 Å². The first-order valence-electron chi connectivity index (χ1n) is 10.4. The molecule has 3 aromatic rings. The highest BCUT2D eigenvalue weighted by atomic mass is 35.5. The fourth-order valence-corrected chi connectivity index (χ4v) is 4.97. The van der Waals surface area contributed by atoms with Gasteiger partial charge in [0.05, 0.1) is 17.8 Å². The Morgan fingerprint density at radius 2 is 1.71 bits per heavy atom. The molecule has 174 valence electrons. The summed E-state index contributed by atoms with van der Waals surface area (Å²) in [5, 5.41) is 12.2. The minimum atomic E-state index is -4.66. The van der Waals surface area contributed by atoms with Crippen LogP contribution in [-0.4, -0.2) is 24.0 Å². The molecule has 0 unspecified atom stereocenters. The quantitative estimate of drug-likeness (QED) is 0.575. The summed E-state index contributed by atoms with van der Waals surface area (Å²) in [7, 11) is 1.40. The van der Waals surface area contributed by atoms with E-state index in [1.807, 2.05) is 6.07 Å². The average molecular weight is 487 g/mol. The molecule has 2 amide bonds. The monoisotopic (exact) mass is 486 g/mol. The van der Waals surface area contributed by atoms with E-state index in [4.69, 9.17) is 11.6 Å². The number of carbonyl (C=O) groups excluding carboxylic acids is 2. The molecule has 0 saturated carbocycles. The smallest absolute Gasteiger partial charge is 0.374 e. The van der Waals surface area contributed by atoms with Crippen LogP contribution in [0.3, 0.4) is 0 Å². The fourth-order valence-electron chi connectivity index (χ4n) is 4.80. The van der Waals surface area contributed by atoms with Gasteiger partial charge in [-0.25, -0.2) is 0 Å². The largest absolute Gasteiger partial charge is 0.416 e. The molecule has 0 spiro atoms. The summed E-state index contributed by atoms with van der Waals surface area (Å²) in [5.41, 5.74) is -2.03. The van der Waals surface area contributed by atoms with Crippen LogP contribution >= 0.6 is 11.6 Å². The highest BCUT2D eigenvalue weighted by Crippen LogP contribution is 2.54. The van der Waals surface area contributed by atoms with E-state index in [9.17, 15) is 27.9 Å². The molecular formula is C25H18ClF3N2O3. The molecule has 0 radical (unpaired) electrons. The van der Waals surface area contributed by atoms with Gasteiger partial charge in [0.2, 0.25) is 5.91 Å². The number of halogens is 4. The number of benzene rings is 3. The number of aliphatic hydroxyl groups is 1. The molecule has 5 nitrogen and oxygen atoms in total. The zero-order valence-corrected chi connectivity index (χ0v) is 18.6. The lowest BCUT2D eigenvalue weighted by Gasteiger charge is -2.29. The van der Waals surface area contributed by atoms with Crippen molar-refractivity contribution in [1.29, 1.82) is 0 Å². The van der Waals surface area contributed by atoms with Gasteiger partial charge in [0.1, 0.15) is 5.92 Å². The summed E-state index contributed by atoms with van der Waals surface area (Å²) in [6, 6.07) is 16.3. The molecule has 34 heavy (non-hydrogen) atoms. The molecule has 0 bridgehead atoms. The van der Waals surface area contributed by atoms with Gasteiger partial charge in [0.15, 0.2) is 5.60 Å². The van der Waals surface area contributed by atoms with Crippen LogP contribution in [0.5, 0.6) is 0 Å². The second-order valence-electron chi connectivity index (χ2n) is 8.41. The first-order chi connectivity index (χ1) is 16.0. The van der Waals surface area contributed by atoms with Crippen molar-refractivity contribution in [2.24, 2.45) is 0 Å². The Bertz CT molecular complexity index is 1330. The predicted octanol–water partition coefficient (Wildman–Crippen LogP) is 4.85. The second-order valence-corrected chi connectivity index (χ2v) is 8.84. The van der Waals surface area contributed by atoms with E-state index in [0.717, 1.165) is 17.7 Å². The maximum Gasteiger partial charge on any atom is 0.416 e. The van der Waals surface area contributed by atoms with Crippen molar-refractivity contribution in [2.45, 2.75) is 24.2 Å². The van der Waals surface area contributed by atoms with E-state index in [0.29, 0.717) is 10.7 Å². The highest BCUT2D eigenvalue weighted by molar-refractivity contribution is 6.31. The second kappa shape index (κ2) is 7.58. The number of alkyl halides is 3. The normalized spacial score (nSPS) is 21.8. The summed E-state index contributed by atoms with van der Waals surface area (Å²) in [6.07, 6.45) is -4.66. The molecule has 0 saturated heterocycles. The van der Waals surface area contributed by atoms with Gasteiger partial charge >= 0.3 is 6.18 Å². The number of carbonyl (C=O) groups is 2. The number of rotatable bonds is 3. The van der Waals surface area contributed by atoms with Crippen LogP contribution in [0.2, 0.25) is 5.02 Å². The van der Waals surface area contributed by atoms with Crippen molar-refractivity contribution >= 4 is 34.8 Å². The fraction of sp³-hybridized carbons (Fsp3) is 0.200. The number of hydrogen-bond acceptors (Lipinski definition) is 3. The van der Waals surface area contributed by atoms with Crippen molar-refractivity contribution in [3.05, 3.63) is 94.0 Å². The first-order valence-corrected chi connectivity index (χ1v) is 10.8. The standard InChI is InChI=1S/C25H18ClF3N2O3/c1-30-19-10-7-15(25(27,28)29)11-17(19)21(22(30)32)24(34)18-9-8-16(26)12-20(18)31(23(24)33)13-14-5-3-2-4-6-14/h2-12,21,34H,13H2,1H3/t21-,24+/m1/s1. The van der Waals surface area contributed by atoms with Gasteiger partial charge < -0.3 is 14.9 Å². The molecule has 1 N–H and O–H groups in total. The van der Waals surface area contributed by atoms with Gasteiger partial charge in [-0.15, -0.1) is 0 Å². The third-order valence-corrected chi connectivity index (χ3v) is 6.67. The summed E-state index contributed by atoms with van der Waals surface area (Å²) < 4.78 is 40.4. The molecule has 2 aliphatic heterocycles. The number of fused-ring (bicyclic) bond motifs is 2. The van der Waals surface area contributed by atoms with Crippen molar-refractivity contribution < 1.29 is 27.9 Å². The Morgan fingerprint density at radius 1 is 1.00 bits per heavy atom. The van der Waals surface area contributed by atoms with Crippen LogP contribution in [0, 0.1) is 0 Å². The van der Waals surface area contributed by atoms with E-state index in [1.54, 1.807) is 24.3 Å². The summed E-state index contributed by atoms with van der Waals surface area (Å²) in [5.74, 6) is -3.03. The van der Waals surface area contributed by atoms with Crippen LogP contribution in [0.25, 0.3) is 0 Å². The molecule has 2 heterocycles. The summed E-state index contributed by atoms with van der Waals surface area (Å²) in [4.78, 5) is 29.5. The topological polar surface area (TPSA) is 60.9 Å². The maximum atomic E-state index is 13.8. The number of anilines is 2. The van der Waals surface area contributed by atoms with Crippen LogP contribution < -0.4 is 9.80 Å². The molecule has 0 aliphatic carbocycles. The number of nitrogens with zero attached hydrogens (tertiary/aromatic N) is 2. The van der Waals surface area contributed by atoms with Crippen LogP contribution in [0.1, 0.15) is 28.2 Å². The van der Waals surface area contributed by atoms with E-state index in [2.05, 4.69) is 0 Å². The number of likely N-dealkylation sites (N-methyl/N-ethyl adjacent to an activating group) is 1. The van der Waals surface area contributed by atoms with E-state index < -0.39 is 35.1 Å². The van der Waals surface area contributed by atoms with E-state index in [-0.39, 0.29) is 23.4 Å². The molecule has 2 atom stereocenters. The average Bonchev–Trinajstić information content (AvgIpc) is 3.17. The Morgan fingerprint density at radius 3 is 2.38 bits per heavy atom. The van der Waals surface area contributed by atoms with Gasteiger partial charge in [0, 0.05) is 23.3 Å². The minimum Gasteiger partial charge on any atom is -0.374 e. The molecule has 9 heteroatoms. The van der Waals surface area contributed by atoms with Crippen molar-refractivity contribution in [3.8, 4) is 0 Å². The van der Waals surface area contributed by atoms with Gasteiger partial charge in [-0.05, 0) is 41.5 Å². The maximum absolute atomic E-state index is 13.8. The van der Waals surface area contributed by atoms with Crippen LogP contribution in [0.4, 0.5) is 24.5 Å². The Labute approximate surface area is 198 Å². The summed E-state index contributed by atoms with van der Waals surface area (Å²) >= 11 is 6.18. The van der Waals surface area contributed by atoms with Gasteiger partial charge in [-0.2, -0.15) is 13.2 Å². The Hall–Kier alpha value is -3.36. The number of hydrogen-bond donors (Lipinski definition) is 1.